The van der Waals surface area contributed by atoms with Gasteiger partial charge in [0.05, 0.1) is 0 Å². The number of aliphatic hydroxyl groups excluding tert-OH is 1. The van der Waals surface area contributed by atoms with Gasteiger partial charge in [-0.1, -0.05) is 19.8 Å². The van der Waals surface area contributed by atoms with E-state index in [1.807, 2.05) is 6.92 Å². The third-order valence-electron chi connectivity index (χ3n) is 3.30. The highest BCUT2D eigenvalue weighted by Gasteiger charge is 2.31. The number of rotatable bonds is 5. The quantitative estimate of drug-likeness (QED) is 0.716. The van der Waals surface area contributed by atoms with Crippen LogP contribution in [-0.4, -0.2) is 31.2 Å². The van der Waals surface area contributed by atoms with Crippen LogP contribution in [0, 0.1) is 11.8 Å². The molecule has 0 unspecified atom stereocenters. The maximum absolute atomic E-state index is 10.1. The summed E-state index contributed by atoms with van der Waals surface area (Å²) in [7, 11) is 1.59. The Morgan fingerprint density at radius 2 is 2.13 bits per heavy atom. The number of ether oxygens (including phenoxy) is 2. The molecule has 0 amide bonds. The predicted molar refractivity (Wildman–Crippen MR) is 59.6 cm³/mol. The molecule has 1 saturated carbocycles. The van der Waals surface area contributed by atoms with Crippen molar-refractivity contribution in [1.29, 1.82) is 0 Å². The molecule has 1 aliphatic rings. The molecule has 0 aromatic carbocycles. The lowest BCUT2D eigenvalue weighted by atomic mass is 9.79. The molecule has 90 valence electrons. The second-order valence-electron chi connectivity index (χ2n) is 4.58. The lowest BCUT2D eigenvalue weighted by molar-refractivity contribution is -0.194. The van der Waals surface area contributed by atoms with Gasteiger partial charge >= 0.3 is 0 Å². The second kappa shape index (κ2) is 6.46. The Labute approximate surface area is 92.8 Å². The van der Waals surface area contributed by atoms with Crippen LogP contribution in [0.5, 0.6) is 0 Å². The highest BCUT2D eigenvalue weighted by atomic mass is 16.7. The van der Waals surface area contributed by atoms with Crippen LogP contribution in [0.25, 0.3) is 0 Å². The summed E-state index contributed by atoms with van der Waals surface area (Å²) in [4.78, 5) is 0. The Morgan fingerprint density at radius 1 is 1.40 bits per heavy atom. The third-order valence-corrected chi connectivity index (χ3v) is 3.30. The van der Waals surface area contributed by atoms with Gasteiger partial charge in [-0.05, 0) is 31.6 Å². The van der Waals surface area contributed by atoms with E-state index in [-0.39, 0.29) is 0 Å². The summed E-state index contributed by atoms with van der Waals surface area (Å²) in [5.74, 6) is 1.06. The fourth-order valence-electron chi connectivity index (χ4n) is 2.48. The van der Waals surface area contributed by atoms with Crippen molar-refractivity contribution in [2.45, 2.75) is 51.9 Å². The fourth-order valence-corrected chi connectivity index (χ4v) is 2.48. The minimum absolute atomic E-state index is 0.338. The summed E-state index contributed by atoms with van der Waals surface area (Å²) in [5.41, 5.74) is 0. The molecule has 4 atom stereocenters. The molecule has 1 N–H and O–H groups in total. The van der Waals surface area contributed by atoms with Crippen LogP contribution in [0.3, 0.4) is 0 Å². The van der Waals surface area contributed by atoms with Crippen molar-refractivity contribution in [1.82, 2.24) is 0 Å². The van der Waals surface area contributed by atoms with Crippen LogP contribution in [0.2, 0.25) is 0 Å². The number of hydrogen-bond donors (Lipinski definition) is 1. The Morgan fingerprint density at radius 3 is 2.67 bits per heavy atom. The van der Waals surface area contributed by atoms with Crippen molar-refractivity contribution in [3.05, 3.63) is 0 Å². The van der Waals surface area contributed by atoms with Gasteiger partial charge in [0, 0.05) is 13.7 Å². The second-order valence-corrected chi connectivity index (χ2v) is 4.58. The smallest absolute Gasteiger partial charge is 0.183 e. The van der Waals surface area contributed by atoms with Crippen molar-refractivity contribution >= 4 is 0 Å². The molecule has 1 fully saturated rings. The zero-order valence-electron chi connectivity index (χ0n) is 10.1. The molecule has 3 nitrogen and oxygen atoms in total. The van der Waals surface area contributed by atoms with Crippen molar-refractivity contribution in [2.24, 2.45) is 11.8 Å². The Bertz CT molecular complexity index is 172. The van der Waals surface area contributed by atoms with Gasteiger partial charge in [0.1, 0.15) is 6.10 Å². The Kier molecular flexibility index (Phi) is 5.58. The largest absolute Gasteiger partial charge is 0.388 e. The van der Waals surface area contributed by atoms with E-state index in [1.54, 1.807) is 7.11 Å². The van der Waals surface area contributed by atoms with E-state index >= 15 is 0 Å². The minimum Gasteiger partial charge on any atom is -0.388 e. The summed E-state index contributed by atoms with van der Waals surface area (Å²) in [6.07, 6.45) is 3.76. The van der Waals surface area contributed by atoms with E-state index in [0.29, 0.717) is 12.5 Å². The molecular formula is C12H24O3. The van der Waals surface area contributed by atoms with Crippen molar-refractivity contribution in [2.75, 3.05) is 13.7 Å². The van der Waals surface area contributed by atoms with Crippen LogP contribution in [0.1, 0.15) is 39.5 Å². The summed E-state index contributed by atoms with van der Waals surface area (Å²) in [5, 5.41) is 10.1. The first-order valence-corrected chi connectivity index (χ1v) is 6.01. The van der Waals surface area contributed by atoms with Crippen LogP contribution in [-0.2, 0) is 9.47 Å². The SMILES string of the molecule is CCO[C@@H](OC)[C@H](O)[C@@H]1CCC[C@@H](C)C1. The van der Waals surface area contributed by atoms with Crippen LogP contribution in [0.15, 0.2) is 0 Å². The standard InChI is InChI=1S/C12H24O3/c1-4-15-12(14-3)11(13)10-7-5-6-9(2)8-10/h9-13H,4-8H2,1-3H3/t9-,10-,11-,12-/m1/s1. The van der Waals surface area contributed by atoms with Crippen molar-refractivity contribution in [3.63, 3.8) is 0 Å². The molecule has 15 heavy (non-hydrogen) atoms. The first-order valence-electron chi connectivity index (χ1n) is 6.01. The van der Waals surface area contributed by atoms with Gasteiger partial charge in [-0.2, -0.15) is 0 Å². The minimum atomic E-state index is -0.474. The first-order chi connectivity index (χ1) is 7.19. The summed E-state index contributed by atoms with van der Waals surface area (Å²) in [6.45, 7) is 4.75. The molecule has 0 heterocycles. The van der Waals surface area contributed by atoms with Crippen LogP contribution >= 0.6 is 0 Å². The van der Waals surface area contributed by atoms with Crippen molar-refractivity contribution < 1.29 is 14.6 Å². The molecule has 0 spiro atoms. The zero-order valence-corrected chi connectivity index (χ0v) is 10.1. The number of aliphatic hydroxyl groups is 1. The highest BCUT2D eigenvalue weighted by Crippen LogP contribution is 2.32. The van der Waals surface area contributed by atoms with Gasteiger partial charge < -0.3 is 14.6 Å². The normalized spacial score (nSPS) is 31.2. The van der Waals surface area contributed by atoms with Gasteiger partial charge in [-0.25, -0.2) is 0 Å². The van der Waals surface area contributed by atoms with E-state index in [9.17, 15) is 5.11 Å². The summed E-state index contributed by atoms with van der Waals surface area (Å²) >= 11 is 0. The Balaban J connectivity index is 2.45. The highest BCUT2D eigenvalue weighted by molar-refractivity contribution is 4.78. The molecule has 1 rings (SSSR count). The molecule has 0 bridgehead atoms. The van der Waals surface area contributed by atoms with Gasteiger partial charge in [-0.15, -0.1) is 0 Å². The van der Waals surface area contributed by atoms with Crippen LogP contribution in [0.4, 0.5) is 0 Å². The first kappa shape index (κ1) is 12.9. The van der Waals surface area contributed by atoms with Crippen molar-refractivity contribution in [3.8, 4) is 0 Å². The van der Waals surface area contributed by atoms with E-state index < -0.39 is 12.4 Å². The molecule has 0 radical (unpaired) electrons. The average Bonchev–Trinajstić information content (AvgIpc) is 2.25. The Hall–Kier alpha value is -0.120. The maximum Gasteiger partial charge on any atom is 0.183 e. The number of methoxy groups -OCH3 is 1. The monoisotopic (exact) mass is 216 g/mol. The van der Waals surface area contributed by atoms with E-state index in [2.05, 4.69) is 6.92 Å². The van der Waals surface area contributed by atoms with Gasteiger partial charge in [0.2, 0.25) is 0 Å². The lowest BCUT2D eigenvalue weighted by Crippen LogP contribution is -2.38. The molecule has 3 heteroatoms. The third kappa shape index (κ3) is 3.74. The van der Waals surface area contributed by atoms with E-state index in [0.717, 1.165) is 18.8 Å². The van der Waals surface area contributed by atoms with Gasteiger partial charge in [0.15, 0.2) is 6.29 Å². The summed E-state index contributed by atoms with van der Waals surface area (Å²) < 4.78 is 10.5. The molecule has 0 aliphatic heterocycles. The fraction of sp³-hybridized carbons (Fsp3) is 1.00. The van der Waals surface area contributed by atoms with Crippen LogP contribution < -0.4 is 0 Å². The number of hydrogen-bond acceptors (Lipinski definition) is 3. The van der Waals surface area contributed by atoms with Gasteiger partial charge in [-0.3, -0.25) is 0 Å². The molecule has 0 saturated heterocycles. The molecular weight excluding hydrogens is 192 g/mol. The summed E-state index contributed by atoms with van der Waals surface area (Å²) in [6, 6.07) is 0. The maximum atomic E-state index is 10.1. The average molecular weight is 216 g/mol. The van der Waals surface area contributed by atoms with E-state index in [4.69, 9.17) is 9.47 Å². The zero-order chi connectivity index (χ0) is 11.3. The molecule has 1 aliphatic carbocycles. The van der Waals surface area contributed by atoms with E-state index in [1.165, 1.54) is 12.8 Å². The lowest BCUT2D eigenvalue weighted by Gasteiger charge is -2.33. The molecule has 0 aromatic heterocycles. The topological polar surface area (TPSA) is 38.7 Å². The van der Waals surface area contributed by atoms with Gasteiger partial charge in [0.25, 0.3) is 0 Å². The predicted octanol–water partition coefficient (Wildman–Crippen LogP) is 2.18. The molecule has 0 aromatic rings.